The van der Waals surface area contributed by atoms with Gasteiger partial charge in [-0.25, -0.2) is 0 Å². The predicted octanol–water partition coefficient (Wildman–Crippen LogP) is 2.71. The third-order valence-electron chi connectivity index (χ3n) is 5.22. The van der Waals surface area contributed by atoms with Crippen LogP contribution in [0.2, 0.25) is 0 Å². The van der Waals surface area contributed by atoms with Crippen molar-refractivity contribution in [3.63, 3.8) is 0 Å². The maximum absolute atomic E-state index is 12.8. The summed E-state index contributed by atoms with van der Waals surface area (Å²) in [5.41, 5.74) is 3.50. The number of carbonyl (C=O) groups excluding carboxylic acids is 1. The van der Waals surface area contributed by atoms with Crippen LogP contribution in [0.4, 0.5) is 0 Å². The van der Waals surface area contributed by atoms with Crippen LogP contribution in [-0.2, 0) is 16.0 Å². The minimum Gasteiger partial charge on any atom is -0.481 e. The van der Waals surface area contributed by atoms with E-state index < -0.39 is 12.1 Å². The molecule has 1 N–H and O–H groups in total. The Bertz CT molecular complexity index is 624. The number of ether oxygens (including phenoxy) is 1. The van der Waals surface area contributed by atoms with Crippen LogP contribution < -0.4 is 4.74 Å². The highest BCUT2D eigenvalue weighted by molar-refractivity contribution is 5.83. The second-order valence-electron chi connectivity index (χ2n) is 7.08. The van der Waals surface area contributed by atoms with Crippen LogP contribution >= 0.6 is 0 Å². The molecule has 24 heavy (non-hydrogen) atoms. The normalized spacial score (nSPS) is 22.8. The summed E-state index contributed by atoms with van der Waals surface area (Å²) in [5.74, 6) is 0.392. The Balaban J connectivity index is 1.62. The van der Waals surface area contributed by atoms with Crippen LogP contribution in [0.3, 0.4) is 0 Å². The summed E-state index contributed by atoms with van der Waals surface area (Å²) >= 11 is 0. The summed E-state index contributed by atoms with van der Waals surface area (Å²) in [6.45, 7) is 5.52. The Kier molecular flexibility index (Phi) is 4.78. The van der Waals surface area contributed by atoms with Gasteiger partial charge >= 0.3 is 5.97 Å². The number of nitrogens with zero attached hydrogens (tertiary/aromatic N) is 1. The Hall–Kier alpha value is -2.04. The zero-order valence-electron chi connectivity index (χ0n) is 14.4. The van der Waals surface area contributed by atoms with E-state index in [9.17, 15) is 9.59 Å². The molecule has 1 fully saturated rings. The molecule has 2 atom stereocenters. The number of carboxylic acids is 1. The lowest BCUT2D eigenvalue weighted by Gasteiger charge is -2.34. The van der Waals surface area contributed by atoms with E-state index >= 15 is 0 Å². The number of likely N-dealkylation sites (tertiary alicyclic amines) is 1. The quantitative estimate of drug-likeness (QED) is 0.921. The van der Waals surface area contributed by atoms with Crippen molar-refractivity contribution in [2.75, 3.05) is 13.1 Å². The van der Waals surface area contributed by atoms with Gasteiger partial charge in [0.25, 0.3) is 5.91 Å². The standard InChI is InChI=1S/C19H25NO4/c1-12-8-15-10-17(24-16(15)9-13(12)2)19(23)20-7-3-4-14(11-20)5-6-18(21)22/h8-9,14,17H,3-7,10-11H2,1-2H3,(H,21,22)/t14-,17-/m0/s1. The number of aliphatic carboxylic acids is 1. The average Bonchev–Trinajstić information content (AvgIpc) is 2.95. The summed E-state index contributed by atoms with van der Waals surface area (Å²) in [5, 5.41) is 8.84. The number of rotatable bonds is 4. The van der Waals surface area contributed by atoms with E-state index in [1.165, 1.54) is 11.1 Å². The van der Waals surface area contributed by atoms with E-state index in [1.54, 1.807) is 0 Å². The first-order valence-corrected chi connectivity index (χ1v) is 8.71. The highest BCUT2D eigenvalue weighted by Gasteiger charge is 2.34. The maximum Gasteiger partial charge on any atom is 0.303 e. The van der Waals surface area contributed by atoms with Gasteiger partial charge in [0.2, 0.25) is 0 Å². The first-order valence-electron chi connectivity index (χ1n) is 8.71. The van der Waals surface area contributed by atoms with Crippen molar-refractivity contribution in [2.45, 2.75) is 52.1 Å². The van der Waals surface area contributed by atoms with Crippen LogP contribution in [0.1, 0.15) is 42.4 Å². The van der Waals surface area contributed by atoms with Crippen LogP contribution in [0.15, 0.2) is 12.1 Å². The van der Waals surface area contributed by atoms with Crippen molar-refractivity contribution in [1.29, 1.82) is 0 Å². The second kappa shape index (κ2) is 6.83. The fourth-order valence-corrected chi connectivity index (χ4v) is 3.68. The third kappa shape index (κ3) is 3.55. The third-order valence-corrected chi connectivity index (χ3v) is 5.22. The molecular weight excluding hydrogens is 306 g/mol. The van der Waals surface area contributed by atoms with Crippen molar-refractivity contribution < 1.29 is 19.4 Å². The van der Waals surface area contributed by atoms with Crippen molar-refractivity contribution in [3.05, 3.63) is 28.8 Å². The first kappa shape index (κ1) is 16.8. The summed E-state index contributed by atoms with van der Waals surface area (Å²) in [6, 6.07) is 4.13. The largest absolute Gasteiger partial charge is 0.481 e. The number of carboxylic acid groups (broad SMARTS) is 1. The molecule has 1 aromatic carbocycles. The van der Waals surface area contributed by atoms with Crippen molar-refractivity contribution in [2.24, 2.45) is 5.92 Å². The van der Waals surface area contributed by atoms with E-state index in [2.05, 4.69) is 13.0 Å². The number of carbonyl (C=O) groups is 2. The van der Waals surface area contributed by atoms with Gasteiger partial charge in [0.15, 0.2) is 6.10 Å². The molecule has 130 valence electrons. The zero-order chi connectivity index (χ0) is 17.3. The van der Waals surface area contributed by atoms with Crippen molar-refractivity contribution in [3.8, 4) is 5.75 Å². The van der Waals surface area contributed by atoms with Crippen molar-refractivity contribution in [1.82, 2.24) is 4.90 Å². The van der Waals surface area contributed by atoms with Gasteiger partial charge < -0.3 is 14.7 Å². The molecule has 0 radical (unpaired) electrons. The smallest absolute Gasteiger partial charge is 0.303 e. The van der Waals surface area contributed by atoms with Crippen molar-refractivity contribution >= 4 is 11.9 Å². The molecule has 2 aliphatic rings. The summed E-state index contributed by atoms with van der Waals surface area (Å²) < 4.78 is 5.91. The predicted molar refractivity (Wildman–Crippen MR) is 90.2 cm³/mol. The molecule has 0 bridgehead atoms. The lowest BCUT2D eigenvalue weighted by molar-refractivity contribution is -0.140. The van der Waals surface area contributed by atoms with Crippen LogP contribution in [0.25, 0.3) is 0 Å². The Morgan fingerprint density at radius 3 is 2.79 bits per heavy atom. The molecule has 2 aliphatic heterocycles. The summed E-state index contributed by atoms with van der Waals surface area (Å²) in [6.07, 6.45) is 2.96. The molecule has 1 saturated heterocycles. The van der Waals surface area contributed by atoms with Gasteiger partial charge in [0.1, 0.15) is 5.75 Å². The monoisotopic (exact) mass is 331 g/mol. The number of aryl methyl sites for hydroxylation is 2. The van der Waals surface area contributed by atoms with E-state index in [0.717, 1.165) is 30.7 Å². The van der Waals surface area contributed by atoms with Crippen LogP contribution in [0, 0.1) is 19.8 Å². The Labute approximate surface area is 142 Å². The molecular formula is C19H25NO4. The van der Waals surface area contributed by atoms with Gasteiger partial charge in [-0.05, 0) is 61.8 Å². The molecule has 0 saturated carbocycles. The molecule has 1 amide bonds. The van der Waals surface area contributed by atoms with Gasteiger partial charge in [0, 0.05) is 25.9 Å². The van der Waals surface area contributed by atoms with E-state index in [0.29, 0.717) is 19.4 Å². The minimum atomic E-state index is -0.765. The molecule has 1 aromatic rings. The number of amides is 1. The van der Waals surface area contributed by atoms with Gasteiger partial charge in [-0.3, -0.25) is 9.59 Å². The lowest BCUT2D eigenvalue weighted by Crippen LogP contribution is -2.46. The molecule has 3 rings (SSSR count). The lowest BCUT2D eigenvalue weighted by atomic mass is 9.93. The molecule has 0 unspecified atom stereocenters. The molecule has 0 aliphatic carbocycles. The molecule has 0 aromatic heterocycles. The van der Waals surface area contributed by atoms with Crippen LogP contribution in [-0.4, -0.2) is 41.1 Å². The summed E-state index contributed by atoms with van der Waals surface area (Å²) in [7, 11) is 0. The minimum absolute atomic E-state index is 0.0431. The van der Waals surface area contributed by atoms with E-state index in [1.807, 2.05) is 17.9 Å². The topological polar surface area (TPSA) is 66.8 Å². The Morgan fingerprint density at radius 2 is 2.04 bits per heavy atom. The fourth-order valence-electron chi connectivity index (χ4n) is 3.68. The van der Waals surface area contributed by atoms with Gasteiger partial charge in [0.05, 0.1) is 0 Å². The number of fused-ring (bicyclic) bond motifs is 1. The average molecular weight is 331 g/mol. The zero-order valence-corrected chi connectivity index (χ0v) is 14.4. The van der Waals surface area contributed by atoms with E-state index in [4.69, 9.17) is 9.84 Å². The second-order valence-corrected chi connectivity index (χ2v) is 7.08. The van der Waals surface area contributed by atoms with Gasteiger partial charge in [-0.2, -0.15) is 0 Å². The molecule has 2 heterocycles. The fraction of sp³-hybridized carbons (Fsp3) is 0.579. The Morgan fingerprint density at radius 1 is 1.29 bits per heavy atom. The number of hydrogen-bond acceptors (Lipinski definition) is 3. The number of benzene rings is 1. The van der Waals surface area contributed by atoms with Gasteiger partial charge in [-0.1, -0.05) is 6.07 Å². The maximum atomic E-state index is 12.8. The highest BCUT2D eigenvalue weighted by atomic mass is 16.5. The number of piperidine rings is 1. The molecule has 5 heteroatoms. The van der Waals surface area contributed by atoms with Gasteiger partial charge in [-0.15, -0.1) is 0 Å². The molecule has 0 spiro atoms. The van der Waals surface area contributed by atoms with Crippen LogP contribution in [0.5, 0.6) is 5.75 Å². The van der Waals surface area contributed by atoms with E-state index in [-0.39, 0.29) is 18.2 Å². The highest BCUT2D eigenvalue weighted by Crippen LogP contribution is 2.33. The number of hydrogen-bond donors (Lipinski definition) is 1. The summed E-state index contributed by atoms with van der Waals surface area (Å²) in [4.78, 5) is 25.4. The SMILES string of the molecule is Cc1cc2c(cc1C)O[C@H](C(=O)N1CCC[C@@H](CCC(=O)O)C1)C2. The molecule has 5 nitrogen and oxygen atoms in total. The first-order chi connectivity index (χ1) is 11.4.